The molecular formula is C19H19N3O3. The minimum Gasteiger partial charge on any atom is -0.495 e. The van der Waals surface area contributed by atoms with Crippen molar-refractivity contribution in [2.75, 3.05) is 12.4 Å². The first-order valence-electron chi connectivity index (χ1n) is 7.98. The number of methoxy groups -OCH3 is 1. The number of carbonyl (C=O) groups is 1. The van der Waals surface area contributed by atoms with Crippen molar-refractivity contribution in [2.45, 2.75) is 19.8 Å². The van der Waals surface area contributed by atoms with E-state index >= 15 is 0 Å². The number of benzene rings is 2. The average Bonchev–Trinajstić information content (AvgIpc) is 3.10. The Bertz CT molecular complexity index is 859. The number of amides is 1. The number of anilines is 1. The van der Waals surface area contributed by atoms with Crippen LogP contribution in [0.25, 0.3) is 11.5 Å². The number of hydrogen-bond acceptors (Lipinski definition) is 5. The molecule has 25 heavy (non-hydrogen) atoms. The third-order valence-electron chi connectivity index (χ3n) is 3.68. The minimum atomic E-state index is -0.136. The molecule has 0 saturated carbocycles. The zero-order valence-corrected chi connectivity index (χ0v) is 14.2. The van der Waals surface area contributed by atoms with Crippen LogP contribution in [0.4, 0.5) is 5.69 Å². The topological polar surface area (TPSA) is 77.2 Å². The molecule has 0 aliphatic carbocycles. The van der Waals surface area contributed by atoms with E-state index in [1.165, 1.54) is 0 Å². The van der Waals surface area contributed by atoms with Crippen molar-refractivity contribution in [3.05, 3.63) is 60.0 Å². The molecule has 0 saturated heterocycles. The number of aromatic nitrogens is 2. The van der Waals surface area contributed by atoms with E-state index in [4.69, 9.17) is 9.15 Å². The molecule has 3 aromatic rings. The first-order chi connectivity index (χ1) is 12.2. The Balaban J connectivity index is 1.60. The molecule has 6 nitrogen and oxygen atoms in total. The van der Waals surface area contributed by atoms with Gasteiger partial charge in [0, 0.05) is 18.4 Å². The van der Waals surface area contributed by atoms with E-state index in [0.717, 1.165) is 11.1 Å². The highest BCUT2D eigenvalue weighted by Crippen LogP contribution is 2.25. The fraction of sp³-hybridized carbons (Fsp3) is 0.211. The summed E-state index contributed by atoms with van der Waals surface area (Å²) < 4.78 is 10.9. The molecule has 0 radical (unpaired) electrons. The van der Waals surface area contributed by atoms with E-state index < -0.39 is 0 Å². The maximum Gasteiger partial charge on any atom is 0.247 e. The van der Waals surface area contributed by atoms with Crippen LogP contribution in [-0.2, 0) is 11.2 Å². The average molecular weight is 337 g/mol. The Labute approximate surface area is 145 Å². The summed E-state index contributed by atoms with van der Waals surface area (Å²) in [7, 11) is 1.57. The van der Waals surface area contributed by atoms with Gasteiger partial charge in [0.1, 0.15) is 5.75 Å². The van der Waals surface area contributed by atoms with Crippen molar-refractivity contribution in [2.24, 2.45) is 0 Å². The van der Waals surface area contributed by atoms with Gasteiger partial charge in [0.2, 0.25) is 17.7 Å². The second kappa shape index (κ2) is 7.61. The maximum absolute atomic E-state index is 12.2. The van der Waals surface area contributed by atoms with Crippen LogP contribution in [-0.4, -0.2) is 23.2 Å². The normalized spacial score (nSPS) is 10.5. The van der Waals surface area contributed by atoms with E-state index in [9.17, 15) is 4.79 Å². The van der Waals surface area contributed by atoms with Gasteiger partial charge >= 0.3 is 0 Å². The second-order valence-corrected chi connectivity index (χ2v) is 5.62. The molecule has 128 valence electrons. The number of carbonyl (C=O) groups excluding carboxylic acids is 1. The van der Waals surface area contributed by atoms with Gasteiger partial charge in [-0.15, -0.1) is 10.2 Å². The lowest BCUT2D eigenvalue weighted by molar-refractivity contribution is -0.116. The summed E-state index contributed by atoms with van der Waals surface area (Å²) in [6.45, 7) is 1.96. The zero-order chi connectivity index (χ0) is 17.6. The number of aryl methyl sites for hydroxylation is 2. The number of rotatable bonds is 6. The highest BCUT2D eigenvalue weighted by Gasteiger charge is 2.12. The summed E-state index contributed by atoms with van der Waals surface area (Å²) in [5, 5.41) is 10.9. The largest absolute Gasteiger partial charge is 0.495 e. The molecule has 0 unspecified atom stereocenters. The second-order valence-electron chi connectivity index (χ2n) is 5.62. The van der Waals surface area contributed by atoms with Gasteiger partial charge in [-0.25, -0.2) is 0 Å². The van der Waals surface area contributed by atoms with Crippen LogP contribution in [0.2, 0.25) is 0 Å². The van der Waals surface area contributed by atoms with Crippen molar-refractivity contribution < 1.29 is 13.9 Å². The molecule has 1 heterocycles. The Morgan fingerprint density at radius 1 is 1.16 bits per heavy atom. The van der Waals surface area contributed by atoms with E-state index in [1.54, 1.807) is 7.11 Å². The summed E-state index contributed by atoms with van der Waals surface area (Å²) in [4.78, 5) is 12.2. The maximum atomic E-state index is 12.2. The highest BCUT2D eigenvalue weighted by atomic mass is 16.5. The fourth-order valence-electron chi connectivity index (χ4n) is 2.40. The first kappa shape index (κ1) is 16.7. The lowest BCUT2D eigenvalue weighted by Crippen LogP contribution is -2.13. The Morgan fingerprint density at radius 2 is 1.96 bits per heavy atom. The molecule has 1 amide bonds. The fourth-order valence-corrected chi connectivity index (χ4v) is 2.40. The van der Waals surface area contributed by atoms with Crippen LogP contribution in [0.15, 0.2) is 52.9 Å². The highest BCUT2D eigenvalue weighted by molar-refractivity contribution is 5.92. The number of nitrogens with zero attached hydrogens (tertiary/aromatic N) is 2. The molecule has 0 fully saturated rings. The molecule has 0 aliphatic heterocycles. The Hall–Kier alpha value is -3.15. The third kappa shape index (κ3) is 4.23. The summed E-state index contributed by atoms with van der Waals surface area (Å²) in [6, 6.07) is 15.2. The van der Waals surface area contributed by atoms with E-state index in [0.29, 0.717) is 29.6 Å². The zero-order valence-electron chi connectivity index (χ0n) is 14.2. The van der Waals surface area contributed by atoms with Crippen LogP contribution in [0.1, 0.15) is 17.9 Å². The molecule has 3 rings (SSSR count). The molecule has 6 heteroatoms. The quantitative estimate of drug-likeness (QED) is 0.743. The van der Waals surface area contributed by atoms with Crippen molar-refractivity contribution in [3.63, 3.8) is 0 Å². The molecule has 2 aromatic carbocycles. The van der Waals surface area contributed by atoms with Crippen LogP contribution in [0.3, 0.4) is 0 Å². The molecule has 1 aromatic heterocycles. The number of nitrogens with one attached hydrogen (secondary N) is 1. The van der Waals surface area contributed by atoms with Gasteiger partial charge in [0.05, 0.1) is 12.8 Å². The molecule has 0 atom stereocenters. The SMILES string of the molecule is COc1ccc(C)cc1NC(=O)CCc1nnc(-c2ccccc2)o1. The predicted octanol–water partition coefficient (Wildman–Crippen LogP) is 3.62. The lowest BCUT2D eigenvalue weighted by Gasteiger charge is -2.10. The molecule has 0 spiro atoms. The summed E-state index contributed by atoms with van der Waals surface area (Å²) in [6.07, 6.45) is 0.618. The Morgan fingerprint density at radius 3 is 2.72 bits per heavy atom. The van der Waals surface area contributed by atoms with Crippen molar-refractivity contribution in [1.82, 2.24) is 10.2 Å². The smallest absolute Gasteiger partial charge is 0.247 e. The first-order valence-corrected chi connectivity index (χ1v) is 7.98. The summed E-state index contributed by atoms with van der Waals surface area (Å²) in [5.41, 5.74) is 2.55. The van der Waals surface area contributed by atoms with Gasteiger partial charge in [0.15, 0.2) is 0 Å². The predicted molar refractivity (Wildman–Crippen MR) is 94.4 cm³/mol. The summed E-state index contributed by atoms with van der Waals surface area (Å²) in [5.74, 6) is 1.38. The number of ether oxygens (including phenoxy) is 1. The van der Waals surface area contributed by atoms with Crippen molar-refractivity contribution in [3.8, 4) is 17.2 Å². The van der Waals surface area contributed by atoms with Crippen molar-refractivity contribution in [1.29, 1.82) is 0 Å². The van der Waals surface area contributed by atoms with Gasteiger partial charge in [-0.3, -0.25) is 4.79 Å². The number of hydrogen-bond donors (Lipinski definition) is 1. The van der Waals surface area contributed by atoms with Gasteiger partial charge < -0.3 is 14.5 Å². The van der Waals surface area contributed by atoms with Gasteiger partial charge in [-0.2, -0.15) is 0 Å². The summed E-state index contributed by atoms with van der Waals surface area (Å²) >= 11 is 0. The molecule has 1 N–H and O–H groups in total. The van der Waals surface area contributed by atoms with Gasteiger partial charge in [0.25, 0.3) is 0 Å². The standard InChI is InChI=1S/C19H19N3O3/c1-13-8-9-16(24-2)15(12-13)20-17(23)10-11-18-21-22-19(25-18)14-6-4-3-5-7-14/h3-9,12H,10-11H2,1-2H3,(H,20,23). The molecule has 0 bridgehead atoms. The Kier molecular flexibility index (Phi) is 5.09. The molecule has 0 aliphatic rings. The van der Waals surface area contributed by atoms with E-state index in [1.807, 2.05) is 55.5 Å². The van der Waals surface area contributed by atoms with Crippen LogP contribution in [0, 0.1) is 6.92 Å². The van der Waals surface area contributed by atoms with E-state index in [2.05, 4.69) is 15.5 Å². The lowest BCUT2D eigenvalue weighted by atomic mass is 10.2. The van der Waals surface area contributed by atoms with E-state index in [-0.39, 0.29) is 12.3 Å². The van der Waals surface area contributed by atoms with Crippen LogP contribution in [0.5, 0.6) is 5.75 Å². The molecular weight excluding hydrogens is 318 g/mol. The van der Waals surface area contributed by atoms with Gasteiger partial charge in [-0.1, -0.05) is 24.3 Å². The van der Waals surface area contributed by atoms with Gasteiger partial charge in [-0.05, 0) is 36.8 Å². The van der Waals surface area contributed by atoms with Crippen LogP contribution >= 0.6 is 0 Å². The third-order valence-corrected chi connectivity index (χ3v) is 3.68. The minimum absolute atomic E-state index is 0.136. The van der Waals surface area contributed by atoms with Crippen LogP contribution < -0.4 is 10.1 Å². The monoisotopic (exact) mass is 337 g/mol. The van der Waals surface area contributed by atoms with Crippen molar-refractivity contribution >= 4 is 11.6 Å².